The normalized spacial score (nSPS) is 11.1. The van der Waals surface area contributed by atoms with E-state index in [0.717, 1.165) is 12.0 Å². The first-order valence-corrected chi connectivity index (χ1v) is 10.5. The third-order valence-corrected chi connectivity index (χ3v) is 5.99. The van der Waals surface area contributed by atoms with Gasteiger partial charge < -0.3 is 5.32 Å². The van der Waals surface area contributed by atoms with Crippen LogP contribution in [0.25, 0.3) is 0 Å². The highest BCUT2D eigenvalue weighted by Crippen LogP contribution is 2.25. The molecule has 1 amide bonds. The van der Waals surface area contributed by atoms with Crippen molar-refractivity contribution in [1.29, 1.82) is 0 Å². The van der Waals surface area contributed by atoms with Gasteiger partial charge in [-0.25, -0.2) is 8.42 Å². The molecule has 28 heavy (non-hydrogen) atoms. The molecule has 3 rings (SSSR count). The van der Waals surface area contributed by atoms with Gasteiger partial charge in [0.05, 0.1) is 5.02 Å². The molecule has 5 nitrogen and oxygen atoms in total. The lowest BCUT2D eigenvalue weighted by Gasteiger charge is -2.11. The van der Waals surface area contributed by atoms with E-state index in [1.165, 1.54) is 18.2 Å². The topological polar surface area (TPSA) is 75.3 Å². The number of nitrogens with one attached hydrogen (secondary N) is 2. The first kappa shape index (κ1) is 19.9. The van der Waals surface area contributed by atoms with Gasteiger partial charge >= 0.3 is 0 Å². The van der Waals surface area contributed by atoms with E-state index in [9.17, 15) is 13.2 Å². The van der Waals surface area contributed by atoms with Gasteiger partial charge in [-0.1, -0.05) is 48.9 Å². The summed E-state index contributed by atoms with van der Waals surface area (Å²) < 4.78 is 27.9. The van der Waals surface area contributed by atoms with Crippen LogP contribution in [0.3, 0.4) is 0 Å². The third-order valence-electron chi connectivity index (χ3n) is 4.13. The van der Waals surface area contributed by atoms with E-state index >= 15 is 0 Å². The van der Waals surface area contributed by atoms with Crippen LogP contribution in [0, 0.1) is 0 Å². The quantitative estimate of drug-likeness (QED) is 0.598. The highest BCUT2D eigenvalue weighted by molar-refractivity contribution is 7.92. The summed E-state index contributed by atoms with van der Waals surface area (Å²) in [6, 6.07) is 20.1. The fourth-order valence-corrected chi connectivity index (χ4v) is 4.18. The molecular weight excluding hydrogens is 396 g/mol. The van der Waals surface area contributed by atoms with E-state index < -0.39 is 15.9 Å². The Kier molecular flexibility index (Phi) is 6.02. The van der Waals surface area contributed by atoms with E-state index in [4.69, 9.17) is 11.6 Å². The maximum atomic E-state index is 12.7. The Hall–Kier alpha value is -2.83. The number of hydrogen-bond donors (Lipinski definition) is 2. The van der Waals surface area contributed by atoms with Crippen LogP contribution in [0.1, 0.15) is 22.8 Å². The van der Waals surface area contributed by atoms with E-state index in [2.05, 4.69) is 10.0 Å². The van der Waals surface area contributed by atoms with Crippen molar-refractivity contribution in [3.05, 3.63) is 88.9 Å². The number of amides is 1. The van der Waals surface area contributed by atoms with Crippen molar-refractivity contribution in [1.82, 2.24) is 0 Å². The van der Waals surface area contributed by atoms with Gasteiger partial charge in [0.1, 0.15) is 4.90 Å². The van der Waals surface area contributed by atoms with Crippen molar-refractivity contribution in [3.8, 4) is 0 Å². The Morgan fingerprint density at radius 1 is 0.929 bits per heavy atom. The number of rotatable bonds is 6. The summed E-state index contributed by atoms with van der Waals surface area (Å²) in [5, 5.41) is 2.79. The Bertz CT molecular complexity index is 1080. The summed E-state index contributed by atoms with van der Waals surface area (Å²) in [6.45, 7) is 2.05. The molecule has 0 heterocycles. The van der Waals surface area contributed by atoms with Crippen molar-refractivity contribution < 1.29 is 13.2 Å². The monoisotopic (exact) mass is 414 g/mol. The maximum Gasteiger partial charge on any atom is 0.263 e. The minimum Gasteiger partial charge on any atom is -0.322 e. The molecule has 0 aliphatic heterocycles. The molecule has 0 saturated carbocycles. The molecule has 2 N–H and O–H groups in total. The van der Waals surface area contributed by atoms with Gasteiger partial charge in [0.25, 0.3) is 15.9 Å². The number of benzene rings is 3. The molecule has 7 heteroatoms. The summed E-state index contributed by atoms with van der Waals surface area (Å²) >= 11 is 6.09. The molecular formula is C21H19ClN2O3S. The predicted octanol–water partition coefficient (Wildman–Crippen LogP) is 4.96. The van der Waals surface area contributed by atoms with Crippen LogP contribution in [-0.4, -0.2) is 14.3 Å². The highest BCUT2D eigenvalue weighted by atomic mass is 35.5. The predicted molar refractivity (Wildman–Crippen MR) is 112 cm³/mol. The summed E-state index contributed by atoms with van der Waals surface area (Å²) in [6.07, 6.45) is 0.904. The number of hydrogen-bond acceptors (Lipinski definition) is 3. The van der Waals surface area contributed by atoms with E-state index in [1.807, 2.05) is 19.1 Å². The summed E-state index contributed by atoms with van der Waals surface area (Å²) in [5.41, 5.74) is 2.38. The van der Waals surface area contributed by atoms with Crippen LogP contribution in [0.5, 0.6) is 0 Å². The minimum atomic E-state index is -3.94. The third kappa shape index (κ3) is 4.71. The summed E-state index contributed by atoms with van der Waals surface area (Å²) in [7, 11) is -3.94. The number of aryl methyl sites for hydroxylation is 1. The van der Waals surface area contributed by atoms with Gasteiger partial charge in [-0.2, -0.15) is 0 Å². The first-order valence-electron chi connectivity index (χ1n) is 8.67. The lowest BCUT2D eigenvalue weighted by atomic mass is 10.1. The number of halogens is 1. The Labute approximate surface area is 169 Å². The van der Waals surface area contributed by atoms with Crippen molar-refractivity contribution in [2.24, 2.45) is 0 Å². The van der Waals surface area contributed by atoms with Crippen molar-refractivity contribution in [2.75, 3.05) is 10.0 Å². The molecule has 0 radical (unpaired) electrons. The summed E-state index contributed by atoms with van der Waals surface area (Å²) in [4.78, 5) is 12.4. The van der Waals surface area contributed by atoms with Crippen LogP contribution in [0.15, 0.2) is 77.7 Å². The van der Waals surface area contributed by atoms with E-state index in [1.54, 1.807) is 42.5 Å². The van der Waals surface area contributed by atoms with Crippen LogP contribution in [0.2, 0.25) is 5.02 Å². The summed E-state index contributed by atoms with van der Waals surface area (Å²) in [5.74, 6) is -0.419. The zero-order valence-corrected chi connectivity index (χ0v) is 16.7. The van der Waals surface area contributed by atoms with Gasteiger partial charge in [0.15, 0.2) is 0 Å². The number of para-hydroxylation sites is 1. The van der Waals surface area contributed by atoms with Crippen molar-refractivity contribution in [3.63, 3.8) is 0 Å². The molecule has 0 aliphatic rings. The largest absolute Gasteiger partial charge is 0.322 e. The standard InChI is InChI=1S/C21H19ClN2O3S/c1-2-15-8-11-17(12-9-15)23-21(25)16-10-13-19(22)20(14-16)28(26,27)24-18-6-4-3-5-7-18/h3-14,24H,2H2,1H3,(H,23,25). The van der Waals surface area contributed by atoms with Gasteiger partial charge in [0.2, 0.25) is 0 Å². The second-order valence-electron chi connectivity index (χ2n) is 6.12. The molecule has 0 bridgehead atoms. The van der Waals surface area contributed by atoms with Crippen LogP contribution < -0.4 is 10.0 Å². The Morgan fingerprint density at radius 3 is 2.25 bits per heavy atom. The van der Waals surface area contributed by atoms with Crippen molar-refractivity contribution in [2.45, 2.75) is 18.2 Å². The molecule has 0 aromatic heterocycles. The molecule has 0 unspecified atom stereocenters. The number of carbonyl (C=O) groups excluding carboxylic acids is 1. The molecule has 0 fully saturated rings. The van der Waals surface area contributed by atoms with Gasteiger partial charge in [0, 0.05) is 16.9 Å². The van der Waals surface area contributed by atoms with E-state index in [0.29, 0.717) is 11.4 Å². The number of sulfonamides is 1. The van der Waals surface area contributed by atoms with Crippen LogP contribution in [-0.2, 0) is 16.4 Å². The van der Waals surface area contributed by atoms with Gasteiger partial charge in [-0.15, -0.1) is 0 Å². The Morgan fingerprint density at radius 2 is 1.61 bits per heavy atom. The average molecular weight is 415 g/mol. The lowest BCUT2D eigenvalue weighted by Crippen LogP contribution is -2.16. The molecule has 0 aliphatic carbocycles. The first-order chi connectivity index (χ1) is 13.4. The number of anilines is 2. The fourth-order valence-electron chi connectivity index (χ4n) is 2.59. The molecule has 3 aromatic carbocycles. The lowest BCUT2D eigenvalue weighted by molar-refractivity contribution is 0.102. The second kappa shape index (κ2) is 8.46. The molecule has 0 saturated heterocycles. The Balaban J connectivity index is 1.84. The number of carbonyl (C=O) groups is 1. The zero-order chi connectivity index (χ0) is 20.1. The second-order valence-corrected chi connectivity index (χ2v) is 8.18. The minimum absolute atomic E-state index is 0.0345. The van der Waals surface area contributed by atoms with Crippen LogP contribution in [0.4, 0.5) is 11.4 Å². The van der Waals surface area contributed by atoms with Gasteiger partial charge in [-0.05, 0) is 54.4 Å². The molecule has 3 aromatic rings. The maximum absolute atomic E-state index is 12.7. The highest BCUT2D eigenvalue weighted by Gasteiger charge is 2.20. The van der Waals surface area contributed by atoms with E-state index in [-0.39, 0.29) is 15.5 Å². The molecule has 0 spiro atoms. The molecule has 0 atom stereocenters. The average Bonchev–Trinajstić information content (AvgIpc) is 2.69. The molecule has 144 valence electrons. The zero-order valence-electron chi connectivity index (χ0n) is 15.1. The fraction of sp³-hybridized carbons (Fsp3) is 0.0952. The van der Waals surface area contributed by atoms with Gasteiger partial charge in [-0.3, -0.25) is 9.52 Å². The van der Waals surface area contributed by atoms with Crippen LogP contribution >= 0.6 is 11.6 Å². The van der Waals surface area contributed by atoms with Crippen molar-refractivity contribution >= 4 is 38.9 Å². The SMILES string of the molecule is CCc1ccc(NC(=O)c2ccc(Cl)c(S(=O)(=O)Nc3ccccc3)c2)cc1. The smallest absolute Gasteiger partial charge is 0.263 e.